The van der Waals surface area contributed by atoms with Gasteiger partial charge in [-0.15, -0.1) is 0 Å². The summed E-state index contributed by atoms with van der Waals surface area (Å²) in [5, 5.41) is 3.19. The molecule has 1 heterocycles. The average molecular weight is 171 g/mol. The Morgan fingerprint density at radius 3 is 2.17 bits per heavy atom. The van der Waals surface area contributed by atoms with Gasteiger partial charge in [0, 0.05) is 32.8 Å². The molecular weight excluding hydrogens is 150 g/mol. The van der Waals surface area contributed by atoms with E-state index in [-0.39, 0.29) is 0 Å². The van der Waals surface area contributed by atoms with Crippen LogP contribution >= 0.6 is 0 Å². The summed E-state index contributed by atoms with van der Waals surface area (Å²) < 4.78 is 0. The van der Waals surface area contributed by atoms with Gasteiger partial charge in [-0.3, -0.25) is 4.90 Å². The molecule has 0 amide bonds. The number of rotatable bonds is 4. The summed E-state index contributed by atoms with van der Waals surface area (Å²) in [4.78, 5) is 5.01. The molecule has 3 nitrogen and oxygen atoms in total. The number of nitrogens with zero attached hydrogens (tertiary/aromatic N) is 2. The molecule has 0 aromatic rings. The van der Waals surface area contributed by atoms with E-state index in [4.69, 9.17) is 0 Å². The summed E-state index contributed by atoms with van der Waals surface area (Å²) in [7, 11) is 2.01. The predicted molar refractivity (Wildman–Crippen MR) is 52.2 cm³/mol. The van der Waals surface area contributed by atoms with Crippen LogP contribution < -0.4 is 5.32 Å². The van der Waals surface area contributed by atoms with E-state index in [2.05, 4.69) is 22.0 Å². The van der Waals surface area contributed by atoms with E-state index in [9.17, 15) is 0 Å². The predicted octanol–water partition coefficient (Wildman–Crippen LogP) is 0.191. The van der Waals surface area contributed by atoms with Crippen LogP contribution in [0.5, 0.6) is 0 Å². The third-order valence-electron chi connectivity index (χ3n) is 2.39. The van der Waals surface area contributed by atoms with Gasteiger partial charge in [-0.05, 0) is 20.0 Å². The van der Waals surface area contributed by atoms with Crippen LogP contribution in [-0.4, -0.2) is 56.2 Å². The summed E-state index contributed by atoms with van der Waals surface area (Å²) in [6.07, 6.45) is 1.28. The Hall–Kier alpha value is -0.120. The zero-order chi connectivity index (χ0) is 8.81. The average Bonchev–Trinajstić information content (AvgIpc) is 2.09. The van der Waals surface area contributed by atoms with Gasteiger partial charge in [0.05, 0.1) is 0 Å². The maximum Gasteiger partial charge on any atom is 0.0479 e. The molecule has 0 spiro atoms. The number of hydrogen-bond donors (Lipinski definition) is 1. The van der Waals surface area contributed by atoms with Crippen LogP contribution in [0.2, 0.25) is 0 Å². The quantitative estimate of drug-likeness (QED) is 0.651. The SMILES string of the molecule is CCCN1CCN(CNC)CC1. The lowest BCUT2D eigenvalue weighted by molar-refractivity contribution is 0.127. The van der Waals surface area contributed by atoms with Crippen molar-refractivity contribution in [2.24, 2.45) is 0 Å². The smallest absolute Gasteiger partial charge is 0.0479 e. The van der Waals surface area contributed by atoms with Gasteiger partial charge in [0.15, 0.2) is 0 Å². The number of hydrogen-bond acceptors (Lipinski definition) is 3. The van der Waals surface area contributed by atoms with E-state index in [1.165, 1.54) is 39.1 Å². The van der Waals surface area contributed by atoms with Crippen molar-refractivity contribution in [2.75, 3.05) is 46.4 Å². The Balaban J connectivity index is 2.11. The van der Waals surface area contributed by atoms with Gasteiger partial charge < -0.3 is 10.2 Å². The van der Waals surface area contributed by atoms with Crippen LogP contribution in [0.1, 0.15) is 13.3 Å². The molecule has 1 rings (SSSR count). The first-order chi connectivity index (χ1) is 5.86. The van der Waals surface area contributed by atoms with E-state index < -0.39 is 0 Å². The van der Waals surface area contributed by atoms with Crippen molar-refractivity contribution >= 4 is 0 Å². The van der Waals surface area contributed by atoms with Crippen molar-refractivity contribution in [3.05, 3.63) is 0 Å². The van der Waals surface area contributed by atoms with Gasteiger partial charge in [0.2, 0.25) is 0 Å². The first-order valence-corrected chi connectivity index (χ1v) is 4.96. The van der Waals surface area contributed by atoms with Crippen molar-refractivity contribution in [3.8, 4) is 0 Å². The molecule has 12 heavy (non-hydrogen) atoms. The summed E-state index contributed by atoms with van der Waals surface area (Å²) in [6, 6.07) is 0. The molecule has 1 aliphatic heterocycles. The highest BCUT2D eigenvalue weighted by Crippen LogP contribution is 2.00. The fourth-order valence-electron chi connectivity index (χ4n) is 1.71. The molecule has 1 saturated heterocycles. The van der Waals surface area contributed by atoms with E-state index in [1.807, 2.05) is 7.05 Å². The van der Waals surface area contributed by atoms with Crippen LogP contribution in [0.4, 0.5) is 0 Å². The van der Waals surface area contributed by atoms with Crippen LogP contribution in [0, 0.1) is 0 Å². The van der Waals surface area contributed by atoms with Crippen LogP contribution in [0.25, 0.3) is 0 Å². The molecule has 0 unspecified atom stereocenters. The molecule has 0 aromatic carbocycles. The van der Waals surface area contributed by atoms with E-state index in [1.54, 1.807) is 0 Å². The number of nitrogens with one attached hydrogen (secondary N) is 1. The molecule has 0 saturated carbocycles. The van der Waals surface area contributed by atoms with Crippen molar-refractivity contribution < 1.29 is 0 Å². The van der Waals surface area contributed by atoms with Crippen molar-refractivity contribution in [2.45, 2.75) is 13.3 Å². The molecule has 0 aliphatic carbocycles. The minimum Gasteiger partial charge on any atom is -0.307 e. The highest BCUT2D eigenvalue weighted by molar-refractivity contribution is 4.70. The molecule has 0 radical (unpaired) electrons. The molecule has 72 valence electrons. The molecule has 0 atom stereocenters. The minimum atomic E-state index is 1.04. The van der Waals surface area contributed by atoms with Gasteiger partial charge in [0.1, 0.15) is 0 Å². The molecular formula is C9H21N3. The Labute approximate surface area is 75.7 Å². The Morgan fingerprint density at radius 1 is 1.08 bits per heavy atom. The first-order valence-electron chi connectivity index (χ1n) is 4.96. The minimum absolute atomic E-state index is 1.04. The fraction of sp³-hybridized carbons (Fsp3) is 1.00. The van der Waals surface area contributed by atoms with Crippen LogP contribution in [0.3, 0.4) is 0 Å². The van der Waals surface area contributed by atoms with E-state index in [0.717, 1.165) is 6.67 Å². The summed E-state index contributed by atoms with van der Waals surface area (Å²) >= 11 is 0. The molecule has 1 aliphatic rings. The van der Waals surface area contributed by atoms with Gasteiger partial charge in [-0.1, -0.05) is 6.92 Å². The lowest BCUT2D eigenvalue weighted by atomic mass is 10.3. The third-order valence-corrected chi connectivity index (χ3v) is 2.39. The second-order valence-corrected chi connectivity index (χ2v) is 3.47. The topological polar surface area (TPSA) is 18.5 Å². The van der Waals surface area contributed by atoms with Gasteiger partial charge in [0.25, 0.3) is 0 Å². The van der Waals surface area contributed by atoms with Crippen LogP contribution in [0.15, 0.2) is 0 Å². The normalized spacial score (nSPS) is 21.5. The standard InChI is InChI=1S/C9H21N3/c1-3-4-11-5-7-12(8-6-11)9-10-2/h10H,3-9H2,1-2H3. The monoisotopic (exact) mass is 171 g/mol. The summed E-state index contributed by atoms with van der Waals surface area (Å²) in [5.41, 5.74) is 0. The van der Waals surface area contributed by atoms with E-state index in [0.29, 0.717) is 0 Å². The number of piperazine rings is 1. The lowest BCUT2D eigenvalue weighted by Gasteiger charge is -2.34. The van der Waals surface area contributed by atoms with Gasteiger partial charge >= 0.3 is 0 Å². The maximum absolute atomic E-state index is 3.19. The lowest BCUT2D eigenvalue weighted by Crippen LogP contribution is -2.48. The Kier molecular flexibility index (Phi) is 4.58. The first kappa shape index (κ1) is 9.96. The Bertz CT molecular complexity index is 94.3. The van der Waals surface area contributed by atoms with Crippen molar-refractivity contribution in [3.63, 3.8) is 0 Å². The van der Waals surface area contributed by atoms with Crippen LogP contribution in [-0.2, 0) is 0 Å². The molecule has 3 heteroatoms. The fourth-order valence-corrected chi connectivity index (χ4v) is 1.71. The largest absolute Gasteiger partial charge is 0.307 e. The highest BCUT2D eigenvalue weighted by atomic mass is 15.3. The maximum atomic E-state index is 3.19. The molecule has 1 N–H and O–H groups in total. The molecule has 0 aromatic heterocycles. The molecule has 0 bridgehead atoms. The highest BCUT2D eigenvalue weighted by Gasteiger charge is 2.14. The second-order valence-electron chi connectivity index (χ2n) is 3.47. The zero-order valence-electron chi connectivity index (χ0n) is 8.34. The second kappa shape index (κ2) is 5.51. The van der Waals surface area contributed by atoms with Crippen molar-refractivity contribution in [1.82, 2.24) is 15.1 Å². The third kappa shape index (κ3) is 3.09. The van der Waals surface area contributed by atoms with Gasteiger partial charge in [-0.2, -0.15) is 0 Å². The summed E-state index contributed by atoms with van der Waals surface area (Å²) in [6.45, 7) is 9.50. The zero-order valence-corrected chi connectivity index (χ0v) is 8.34. The van der Waals surface area contributed by atoms with E-state index >= 15 is 0 Å². The molecule has 1 fully saturated rings. The Morgan fingerprint density at radius 2 is 1.67 bits per heavy atom. The van der Waals surface area contributed by atoms with Crippen molar-refractivity contribution in [1.29, 1.82) is 0 Å². The summed E-state index contributed by atoms with van der Waals surface area (Å²) in [5.74, 6) is 0. The van der Waals surface area contributed by atoms with Gasteiger partial charge in [-0.25, -0.2) is 0 Å².